The number of benzene rings is 2. The Hall–Kier alpha value is -2.80. The van der Waals surface area contributed by atoms with Gasteiger partial charge in [0.2, 0.25) is 0 Å². The summed E-state index contributed by atoms with van der Waals surface area (Å²) in [6, 6.07) is 15.8. The van der Waals surface area contributed by atoms with Crippen LogP contribution in [0, 0.1) is 11.3 Å². The van der Waals surface area contributed by atoms with Gasteiger partial charge in [0.25, 0.3) is 0 Å². The van der Waals surface area contributed by atoms with Crippen molar-refractivity contribution < 1.29 is 14.3 Å². The van der Waals surface area contributed by atoms with Crippen molar-refractivity contribution in [3.63, 3.8) is 0 Å². The van der Waals surface area contributed by atoms with Gasteiger partial charge in [0, 0.05) is 11.6 Å². The lowest BCUT2D eigenvalue weighted by molar-refractivity contribution is 0.0921. The molecule has 2 rings (SSSR count). The van der Waals surface area contributed by atoms with E-state index >= 15 is 0 Å². The fraction of sp³-hybridized carbons (Fsp3) is 0.125. The number of carbonyl (C=O) groups excluding carboxylic acids is 1. The van der Waals surface area contributed by atoms with Crippen LogP contribution in [0.5, 0.6) is 11.5 Å². The van der Waals surface area contributed by atoms with Crippen LogP contribution in [0.15, 0.2) is 48.5 Å². The molecule has 0 amide bonds. The number of hydrogen-bond donors (Lipinski definition) is 0. The fourth-order valence-electron chi connectivity index (χ4n) is 1.70. The topological polar surface area (TPSA) is 59.3 Å². The average Bonchev–Trinajstić information content (AvgIpc) is 2.53. The van der Waals surface area contributed by atoms with Gasteiger partial charge >= 0.3 is 0 Å². The van der Waals surface area contributed by atoms with Crippen LogP contribution in [-0.4, -0.2) is 19.5 Å². The third-order valence-corrected chi connectivity index (χ3v) is 2.76. The van der Waals surface area contributed by atoms with E-state index in [0.717, 1.165) is 0 Å². The highest BCUT2D eigenvalue weighted by molar-refractivity contribution is 5.97. The van der Waals surface area contributed by atoms with E-state index in [0.29, 0.717) is 22.6 Å². The van der Waals surface area contributed by atoms with Crippen LogP contribution in [-0.2, 0) is 0 Å². The second-order valence-corrected chi connectivity index (χ2v) is 4.05. The first-order chi connectivity index (χ1) is 9.74. The van der Waals surface area contributed by atoms with Crippen LogP contribution in [0.4, 0.5) is 0 Å². The molecule has 0 saturated heterocycles. The number of hydrogen-bond acceptors (Lipinski definition) is 4. The summed E-state index contributed by atoms with van der Waals surface area (Å²) >= 11 is 0. The molecule has 0 saturated carbocycles. The van der Waals surface area contributed by atoms with Gasteiger partial charge in [-0.25, -0.2) is 0 Å². The minimum absolute atomic E-state index is 0.106. The molecule has 0 heterocycles. The molecular weight excluding hydrogens is 254 g/mol. The Bertz CT molecular complexity index is 645. The van der Waals surface area contributed by atoms with Crippen LogP contribution >= 0.6 is 0 Å². The molecule has 0 unspecified atom stereocenters. The van der Waals surface area contributed by atoms with Crippen molar-refractivity contribution in [1.29, 1.82) is 5.26 Å². The zero-order valence-corrected chi connectivity index (χ0v) is 11.0. The van der Waals surface area contributed by atoms with Crippen LogP contribution in [0.25, 0.3) is 0 Å². The largest absolute Gasteiger partial charge is 0.497 e. The maximum absolute atomic E-state index is 11.9. The van der Waals surface area contributed by atoms with E-state index in [2.05, 4.69) is 0 Å². The minimum atomic E-state index is -0.134. The molecule has 20 heavy (non-hydrogen) atoms. The fourth-order valence-corrected chi connectivity index (χ4v) is 1.70. The molecule has 0 bridgehead atoms. The van der Waals surface area contributed by atoms with Crippen molar-refractivity contribution in [1.82, 2.24) is 0 Å². The van der Waals surface area contributed by atoms with Gasteiger partial charge in [-0.1, -0.05) is 30.3 Å². The zero-order chi connectivity index (χ0) is 14.4. The SMILES string of the molecule is COc1ccc(OCC(=O)c2ccccc2)c(C#N)c1. The highest BCUT2D eigenvalue weighted by atomic mass is 16.5. The molecule has 0 aliphatic rings. The maximum Gasteiger partial charge on any atom is 0.200 e. The van der Waals surface area contributed by atoms with Crippen molar-refractivity contribution in [2.75, 3.05) is 13.7 Å². The number of Topliss-reactive ketones (excluding diaryl/α,β-unsaturated/α-hetero) is 1. The first-order valence-electron chi connectivity index (χ1n) is 6.04. The Labute approximate surface area is 117 Å². The quantitative estimate of drug-likeness (QED) is 0.781. The molecular formula is C16H13NO3. The zero-order valence-electron chi connectivity index (χ0n) is 11.0. The lowest BCUT2D eigenvalue weighted by Gasteiger charge is -2.08. The Morgan fingerprint density at radius 1 is 1.20 bits per heavy atom. The Balaban J connectivity index is 2.08. The molecule has 0 spiro atoms. The van der Waals surface area contributed by atoms with Crippen LogP contribution in [0.3, 0.4) is 0 Å². The second kappa shape index (κ2) is 6.39. The molecule has 2 aromatic rings. The van der Waals surface area contributed by atoms with Crippen LogP contribution in [0.1, 0.15) is 15.9 Å². The van der Waals surface area contributed by atoms with Gasteiger partial charge < -0.3 is 9.47 Å². The second-order valence-electron chi connectivity index (χ2n) is 4.05. The van der Waals surface area contributed by atoms with Gasteiger partial charge in [-0.15, -0.1) is 0 Å². The van der Waals surface area contributed by atoms with Crippen LogP contribution < -0.4 is 9.47 Å². The summed E-state index contributed by atoms with van der Waals surface area (Å²) in [5.41, 5.74) is 0.921. The summed E-state index contributed by atoms with van der Waals surface area (Å²) in [5, 5.41) is 9.05. The standard InChI is InChI=1S/C16H13NO3/c1-19-14-7-8-16(13(9-14)10-17)20-11-15(18)12-5-3-2-4-6-12/h2-9H,11H2,1H3. The molecule has 0 aliphatic carbocycles. The smallest absolute Gasteiger partial charge is 0.200 e. The molecule has 100 valence electrons. The molecule has 0 aromatic heterocycles. The van der Waals surface area contributed by atoms with Gasteiger partial charge in [0.1, 0.15) is 17.6 Å². The first kappa shape index (κ1) is 13.6. The summed E-state index contributed by atoms with van der Waals surface area (Å²) in [6.45, 7) is -0.106. The van der Waals surface area contributed by atoms with E-state index in [1.165, 1.54) is 7.11 Å². The minimum Gasteiger partial charge on any atom is -0.497 e. The van der Waals surface area contributed by atoms with Gasteiger partial charge in [0.05, 0.1) is 12.7 Å². The number of ether oxygens (including phenoxy) is 2. The number of ketones is 1. The predicted octanol–water partition coefficient (Wildman–Crippen LogP) is 2.83. The Kier molecular flexibility index (Phi) is 4.35. The molecule has 0 radical (unpaired) electrons. The van der Waals surface area contributed by atoms with E-state index in [1.807, 2.05) is 12.1 Å². The Morgan fingerprint density at radius 3 is 2.60 bits per heavy atom. The number of carbonyl (C=O) groups is 1. The first-order valence-corrected chi connectivity index (χ1v) is 6.04. The Morgan fingerprint density at radius 2 is 1.95 bits per heavy atom. The lowest BCUT2D eigenvalue weighted by atomic mass is 10.1. The third-order valence-electron chi connectivity index (χ3n) is 2.76. The van der Waals surface area contributed by atoms with Gasteiger partial charge in [0.15, 0.2) is 12.4 Å². The summed E-state index contributed by atoms with van der Waals surface area (Å²) < 4.78 is 10.4. The van der Waals surface area contributed by atoms with E-state index in [-0.39, 0.29) is 12.4 Å². The highest BCUT2D eigenvalue weighted by Gasteiger charge is 2.09. The summed E-state index contributed by atoms with van der Waals surface area (Å²) in [6.07, 6.45) is 0. The third kappa shape index (κ3) is 3.15. The van der Waals surface area contributed by atoms with E-state index < -0.39 is 0 Å². The molecule has 0 N–H and O–H groups in total. The highest BCUT2D eigenvalue weighted by Crippen LogP contribution is 2.23. The number of methoxy groups -OCH3 is 1. The van der Waals surface area contributed by atoms with Crippen molar-refractivity contribution >= 4 is 5.78 Å². The summed E-state index contributed by atoms with van der Waals surface area (Å²) in [5.74, 6) is 0.811. The number of rotatable bonds is 5. The van der Waals surface area contributed by atoms with Crippen molar-refractivity contribution in [3.05, 3.63) is 59.7 Å². The summed E-state index contributed by atoms with van der Waals surface area (Å²) in [4.78, 5) is 11.9. The van der Waals surface area contributed by atoms with Crippen LogP contribution in [0.2, 0.25) is 0 Å². The van der Waals surface area contributed by atoms with E-state index in [9.17, 15) is 4.79 Å². The molecule has 0 aliphatic heterocycles. The van der Waals surface area contributed by atoms with Gasteiger partial charge in [-0.05, 0) is 12.1 Å². The van der Waals surface area contributed by atoms with Crippen molar-refractivity contribution in [2.45, 2.75) is 0 Å². The van der Waals surface area contributed by atoms with Crippen molar-refractivity contribution in [3.8, 4) is 17.6 Å². The monoisotopic (exact) mass is 267 g/mol. The normalized spacial score (nSPS) is 9.60. The molecule has 4 nitrogen and oxygen atoms in total. The molecule has 0 atom stereocenters. The molecule has 4 heteroatoms. The average molecular weight is 267 g/mol. The predicted molar refractivity (Wildman–Crippen MR) is 74.0 cm³/mol. The van der Waals surface area contributed by atoms with Crippen molar-refractivity contribution in [2.24, 2.45) is 0 Å². The summed E-state index contributed by atoms with van der Waals surface area (Å²) in [7, 11) is 1.52. The number of nitrogens with zero attached hydrogens (tertiary/aromatic N) is 1. The van der Waals surface area contributed by atoms with E-state index in [4.69, 9.17) is 14.7 Å². The van der Waals surface area contributed by atoms with E-state index in [1.54, 1.807) is 42.5 Å². The van der Waals surface area contributed by atoms with Gasteiger partial charge in [-0.3, -0.25) is 4.79 Å². The molecule has 0 fully saturated rings. The lowest BCUT2D eigenvalue weighted by Crippen LogP contribution is -2.12. The van der Waals surface area contributed by atoms with Gasteiger partial charge in [-0.2, -0.15) is 5.26 Å². The maximum atomic E-state index is 11.9. The number of nitriles is 1. The molecule has 2 aromatic carbocycles.